The van der Waals surface area contributed by atoms with Gasteiger partial charge >= 0.3 is 5.91 Å². The Kier molecular flexibility index (Phi) is 3.04. The van der Waals surface area contributed by atoms with E-state index < -0.39 is 5.91 Å². The highest BCUT2D eigenvalue weighted by Crippen LogP contribution is 2.01. The Bertz CT molecular complexity index is 536. The van der Waals surface area contributed by atoms with Gasteiger partial charge in [0, 0.05) is 18.2 Å². The van der Waals surface area contributed by atoms with Gasteiger partial charge in [0.2, 0.25) is 0 Å². The molecule has 0 saturated heterocycles. The number of hydrogen-bond donors (Lipinski definition) is 1. The van der Waals surface area contributed by atoms with Crippen molar-refractivity contribution >= 4 is 5.91 Å². The van der Waals surface area contributed by atoms with Crippen molar-refractivity contribution in [3.63, 3.8) is 0 Å². The summed E-state index contributed by atoms with van der Waals surface area (Å²) in [6, 6.07) is 6.36. The zero-order chi connectivity index (χ0) is 12.3. The molecular formula is C11H11N3O3. The molecule has 0 atom stereocenters. The summed E-state index contributed by atoms with van der Waals surface area (Å²) in [7, 11) is 0. The van der Waals surface area contributed by atoms with Crippen LogP contribution in [0.1, 0.15) is 21.9 Å². The third kappa shape index (κ3) is 2.60. The largest absolute Gasteiger partial charge is 0.618 e. The Balaban J connectivity index is 2.01. The molecule has 0 aliphatic rings. The van der Waals surface area contributed by atoms with Crippen LogP contribution in [0.5, 0.6) is 0 Å². The number of amides is 1. The number of carbonyl (C=O) groups excluding carboxylic acids is 1. The van der Waals surface area contributed by atoms with E-state index in [1.807, 2.05) is 0 Å². The predicted octanol–water partition coefficient (Wildman–Crippen LogP) is 0.546. The van der Waals surface area contributed by atoms with Crippen LogP contribution in [0, 0.1) is 12.1 Å². The van der Waals surface area contributed by atoms with Gasteiger partial charge in [-0.1, -0.05) is 5.16 Å². The zero-order valence-electron chi connectivity index (χ0n) is 9.21. The van der Waals surface area contributed by atoms with Crippen LogP contribution in [0.4, 0.5) is 0 Å². The molecule has 0 aromatic carbocycles. The van der Waals surface area contributed by atoms with Gasteiger partial charge in [-0.2, -0.15) is 4.73 Å². The van der Waals surface area contributed by atoms with E-state index in [1.165, 1.54) is 12.3 Å². The fourth-order valence-corrected chi connectivity index (χ4v) is 1.36. The van der Waals surface area contributed by atoms with Gasteiger partial charge in [0.1, 0.15) is 0 Å². The number of nitrogens with zero attached hydrogens (tertiary/aromatic N) is 2. The molecule has 2 rings (SSSR count). The summed E-state index contributed by atoms with van der Waals surface area (Å²) >= 11 is 0. The molecule has 6 heteroatoms. The van der Waals surface area contributed by atoms with Crippen molar-refractivity contribution in [3.8, 4) is 0 Å². The van der Waals surface area contributed by atoms with E-state index >= 15 is 0 Å². The fourth-order valence-electron chi connectivity index (χ4n) is 1.36. The van der Waals surface area contributed by atoms with Gasteiger partial charge in [0.25, 0.3) is 5.69 Å². The second kappa shape index (κ2) is 4.65. The topological polar surface area (TPSA) is 82.1 Å². The molecule has 2 heterocycles. The van der Waals surface area contributed by atoms with E-state index in [0.717, 1.165) is 5.69 Å². The van der Waals surface area contributed by atoms with E-state index in [9.17, 15) is 10.0 Å². The maximum atomic E-state index is 11.7. The monoisotopic (exact) mass is 233 g/mol. The Morgan fingerprint density at radius 1 is 1.59 bits per heavy atom. The van der Waals surface area contributed by atoms with Crippen LogP contribution in [0.25, 0.3) is 0 Å². The van der Waals surface area contributed by atoms with Gasteiger partial charge in [0.15, 0.2) is 12.0 Å². The smallest absolute Gasteiger partial charge is 0.317 e. The first-order valence-electron chi connectivity index (χ1n) is 5.05. The molecule has 0 radical (unpaired) electrons. The van der Waals surface area contributed by atoms with Crippen LogP contribution in [0.3, 0.4) is 0 Å². The number of aromatic nitrogens is 2. The summed E-state index contributed by atoms with van der Waals surface area (Å²) < 4.78 is 5.45. The summed E-state index contributed by atoms with van der Waals surface area (Å²) in [6.07, 6.45) is 1.27. The summed E-state index contributed by atoms with van der Waals surface area (Å²) in [4.78, 5) is 11.7. The number of rotatable bonds is 3. The molecular weight excluding hydrogens is 222 g/mol. The SMILES string of the molecule is Cc1cc(CNC(=O)c2cccc[n+]2[O-])on1. The van der Waals surface area contributed by atoms with E-state index in [4.69, 9.17) is 4.52 Å². The quantitative estimate of drug-likeness (QED) is 0.619. The van der Waals surface area contributed by atoms with E-state index in [1.54, 1.807) is 25.1 Å². The van der Waals surface area contributed by atoms with Gasteiger partial charge in [-0.25, -0.2) is 0 Å². The number of nitrogens with one attached hydrogen (secondary N) is 1. The molecule has 6 nitrogen and oxygen atoms in total. The predicted molar refractivity (Wildman–Crippen MR) is 57.8 cm³/mol. The molecule has 0 bridgehead atoms. The highest BCUT2D eigenvalue weighted by atomic mass is 16.5. The van der Waals surface area contributed by atoms with Gasteiger partial charge < -0.3 is 15.0 Å². The molecule has 0 unspecified atom stereocenters. The molecule has 17 heavy (non-hydrogen) atoms. The van der Waals surface area contributed by atoms with E-state index in [-0.39, 0.29) is 12.2 Å². The van der Waals surface area contributed by atoms with Crippen LogP contribution < -0.4 is 10.0 Å². The molecule has 0 saturated carbocycles. The van der Waals surface area contributed by atoms with Crippen molar-refractivity contribution in [2.24, 2.45) is 0 Å². The number of aryl methyl sites for hydroxylation is 1. The summed E-state index contributed by atoms with van der Waals surface area (Å²) in [5, 5.41) is 17.6. The lowest BCUT2D eigenvalue weighted by atomic mass is 10.3. The summed E-state index contributed by atoms with van der Waals surface area (Å²) in [5.74, 6) is 0.0962. The van der Waals surface area contributed by atoms with Crippen molar-refractivity contribution in [2.45, 2.75) is 13.5 Å². The average molecular weight is 233 g/mol. The number of hydrogen-bond acceptors (Lipinski definition) is 4. The van der Waals surface area contributed by atoms with Crippen LogP contribution in [-0.2, 0) is 6.54 Å². The highest BCUT2D eigenvalue weighted by molar-refractivity contribution is 5.90. The standard InChI is InChI=1S/C11H11N3O3/c1-8-6-9(17-13-8)7-12-11(15)10-4-2-3-5-14(10)16/h2-6H,7H2,1H3,(H,12,15). The van der Waals surface area contributed by atoms with Gasteiger partial charge in [-0.15, -0.1) is 0 Å². The van der Waals surface area contributed by atoms with Crippen LogP contribution in [0.2, 0.25) is 0 Å². The van der Waals surface area contributed by atoms with Crippen molar-refractivity contribution in [1.82, 2.24) is 10.5 Å². The summed E-state index contributed by atoms with van der Waals surface area (Å²) in [6.45, 7) is 1.99. The maximum absolute atomic E-state index is 11.7. The Hall–Kier alpha value is -2.37. The molecule has 2 aromatic heterocycles. The van der Waals surface area contributed by atoms with Crippen LogP contribution in [0.15, 0.2) is 35.0 Å². The summed E-state index contributed by atoms with van der Waals surface area (Å²) in [5.41, 5.74) is 0.789. The van der Waals surface area contributed by atoms with Crippen molar-refractivity contribution in [3.05, 3.63) is 52.8 Å². The second-order valence-electron chi connectivity index (χ2n) is 3.53. The highest BCUT2D eigenvalue weighted by Gasteiger charge is 2.14. The Morgan fingerprint density at radius 2 is 2.41 bits per heavy atom. The van der Waals surface area contributed by atoms with Crippen LogP contribution in [-0.4, -0.2) is 11.1 Å². The van der Waals surface area contributed by atoms with Gasteiger partial charge in [-0.05, 0) is 13.0 Å². The first kappa shape index (κ1) is 11.1. The minimum Gasteiger partial charge on any atom is -0.618 e. The third-order valence-corrected chi connectivity index (χ3v) is 2.16. The number of carbonyl (C=O) groups is 1. The van der Waals surface area contributed by atoms with E-state index in [0.29, 0.717) is 10.5 Å². The van der Waals surface area contributed by atoms with Gasteiger partial charge in [0.05, 0.1) is 12.2 Å². The molecule has 0 aliphatic carbocycles. The molecule has 0 aliphatic heterocycles. The van der Waals surface area contributed by atoms with Gasteiger partial charge in [-0.3, -0.25) is 4.79 Å². The third-order valence-electron chi connectivity index (χ3n) is 2.16. The zero-order valence-corrected chi connectivity index (χ0v) is 9.21. The minimum atomic E-state index is -0.449. The Morgan fingerprint density at radius 3 is 3.06 bits per heavy atom. The molecule has 0 fully saturated rings. The average Bonchev–Trinajstić information content (AvgIpc) is 2.73. The molecule has 1 N–H and O–H groups in total. The lowest BCUT2D eigenvalue weighted by molar-refractivity contribution is -0.607. The second-order valence-corrected chi connectivity index (χ2v) is 3.53. The first-order chi connectivity index (χ1) is 8.16. The van der Waals surface area contributed by atoms with Crippen LogP contribution >= 0.6 is 0 Å². The number of pyridine rings is 1. The van der Waals surface area contributed by atoms with Crippen molar-refractivity contribution in [1.29, 1.82) is 0 Å². The normalized spacial score (nSPS) is 10.2. The molecule has 1 amide bonds. The minimum absolute atomic E-state index is 0.0451. The van der Waals surface area contributed by atoms with E-state index in [2.05, 4.69) is 10.5 Å². The first-order valence-corrected chi connectivity index (χ1v) is 5.05. The fraction of sp³-hybridized carbons (Fsp3) is 0.182. The maximum Gasteiger partial charge on any atom is 0.317 e. The van der Waals surface area contributed by atoms with Crippen molar-refractivity contribution < 1.29 is 14.0 Å². The molecule has 88 valence electrons. The molecule has 2 aromatic rings. The lowest BCUT2D eigenvalue weighted by Crippen LogP contribution is -2.38. The molecule has 0 spiro atoms. The lowest BCUT2D eigenvalue weighted by Gasteiger charge is -2.03. The Labute approximate surface area is 97.4 Å². The van der Waals surface area contributed by atoms with Crippen molar-refractivity contribution in [2.75, 3.05) is 0 Å².